The van der Waals surface area contributed by atoms with Crippen LogP contribution in [-0.4, -0.2) is 50.9 Å². The van der Waals surface area contributed by atoms with E-state index in [1.54, 1.807) is 38.5 Å². The first-order valence-electron chi connectivity index (χ1n) is 11.1. The first-order valence-corrected chi connectivity index (χ1v) is 11.1. The van der Waals surface area contributed by atoms with E-state index >= 15 is 0 Å². The van der Waals surface area contributed by atoms with E-state index in [4.69, 9.17) is 18.9 Å². The lowest BCUT2D eigenvalue weighted by molar-refractivity contribution is 0.0201. The van der Waals surface area contributed by atoms with E-state index in [1.165, 1.54) is 16.7 Å². The second kappa shape index (κ2) is 7.85. The van der Waals surface area contributed by atoms with Gasteiger partial charge >= 0.3 is 5.97 Å². The van der Waals surface area contributed by atoms with E-state index in [2.05, 4.69) is 31.0 Å². The predicted molar refractivity (Wildman–Crippen MR) is 121 cm³/mol. The molecule has 0 N–H and O–H groups in total. The minimum absolute atomic E-state index is 0.0993. The van der Waals surface area contributed by atoms with Crippen molar-refractivity contribution in [1.29, 1.82) is 0 Å². The summed E-state index contributed by atoms with van der Waals surface area (Å²) in [5, 5.41) is 0. The molecule has 0 unspecified atom stereocenters. The highest BCUT2D eigenvalue weighted by molar-refractivity contribution is 5.89. The van der Waals surface area contributed by atoms with Crippen LogP contribution in [-0.2, 0) is 16.7 Å². The summed E-state index contributed by atoms with van der Waals surface area (Å²) in [5.41, 5.74) is 4.02. The van der Waals surface area contributed by atoms with Gasteiger partial charge in [-0.05, 0) is 68.9 Å². The van der Waals surface area contributed by atoms with Gasteiger partial charge in [-0.1, -0.05) is 11.6 Å². The summed E-state index contributed by atoms with van der Waals surface area (Å²) in [6, 6.07) is 11.1. The number of carbonyl (C=O) groups excluding carboxylic acids is 1. The Morgan fingerprint density at radius 2 is 1.91 bits per heavy atom. The summed E-state index contributed by atoms with van der Waals surface area (Å²) in [6.07, 6.45) is 3.25. The molecule has 0 saturated carbocycles. The van der Waals surface area contributed by atoms with E-state index < -0.39 is 0 Å². The molecule has 32 heavy (non-hydrogen) atoms. The fourth-order valence-electron chi connectivity index (χ4n) is 5.55. The Kier molecular flexibility index (Phi) is 5.13. The molecule has 3 aliphatic rings. The van der Waals surface area contributed by atoms with Crippen LogP contribution in [0.3, 0.4) is 0 Å². The summed E-state index contributed by atoms with van der Waals surface area (Å²) in [5.74, 6) is 1.98. The van der Waals surface area contributed by atoms with Crippen molar-refractivity contribution in [3.8, 4) is 17.2 Å². The Hall–Kier alpha value is -2.99. The maximum absolute atomic E-state index is 12.8. The van der Waals surface area contributed by atoms with Crippen molar-refractivity contribution in [3.05, 3.63) is 64.7 Å². The Morgan fingerprint density at radius 1 is 1.12 bits per heavy atom. The molecule has 1 spiro atoms. The van der Waals surface area contributed by atoms with Crippen LogP contribution < -0.4 is 14.2 Å². The monoisotopic (exact) mass is 435 g/mol. The van der Waals surface area contributed by atoms with Crippen LogP contribution in [0, 0.1) is 0 Å². The number of rotatable bonds is 4. The van der Waals surface area contributed by atoms with Crippen LogP contribution in [0.4, 0.5) is 0 Å². The van der Waals surface area contributed by atoms with Gasteiger partial charge in [-0.3, -0.25) is 0 Å². The van der Waals surface area contributed by atoms with E-state index in [-0.39, 0.29) is 23.6 Å². The molecule has 2 aromatic carbocycles. The van der Waals surface area contributed by atoms with Crippen LogP contribution in [0.2, 0.25) is 0 Å². The molecule has 2 heterocycles. The molecule has 2 aliphatic heterocycles. The van der Waals surface area contributed by atoms with Gasteiger partial charge in [0.1, 0.15) is 18.0 Å². The van der Waals surface area contributed by atoms with Crippen molar-refractivity contribution in [2.45, 2.75) is 43.9 Å². The Balaban J connectivity index is 1.47. The van der Waals surface area contributed by atoms with Gasteiger partial charge < -0.3 is 23.8 Å². The Labute approximate surface area is 188 Å². The van der Waals surface area contributed by atoms with Crippen LogP contribution in [0.15, 0.2) is 48.0 Å². The number of hydrogen-bond donors (Lipinski definition) is 0. The summed E-state index contributed by atoms with van der Waals surface area (Å²) in [7, 11) is 5.44. The predicted octanol–water partition coefficient (Wildman–Crippen LogP) is 4.11. The maximum atomic E-state index is 12.8. The number of hydrogen-bond acceptors (Lipinski definition) is 6. The topological polar surface area (TPSA) is 57.2 Å². The minimum atomic E-state index is -0.343. The van der Waals surface area contributed by atoms with Crippen LogP contribution in [0.1, 0.15) is 41.3 Å². The molecule has 0 radical (unpaired) electrons. The summed E-state index contributed by atoms with van der Waals surface area (Å²) < 4.78 is 23.3. The molecule has 0 fully saturated rings. The van der Waals surface area contributed by atoms with Crippen molar-refractivity contribution in [2.75, 3.05) is 27.8 Å². The van der Waals surface area contributed by atoms with Gasteiger partial charge in [-0.2, -0.15) is 0 Å². The molecule has 168 valence electrons. The van der Waals surface area contributed by atoms with Gasteiger partial charge in [0.25, 0.3) is 0 Å². The molecular weight excluding hydrogens is 406 g/mol. The molecule has 6 nitrogen and oxygen atoms in total. The zero-order chi connectivity index (χ0) is 22.5. The number of carbonyl (C=O) groups is 1. The molecule has 6 heteroatoms. The SMILES string of the molecule is COc1ccc(C(=O)O[C@H]2C=C(C)[C@@]34CCN(C)Cc5ccc(OC)c(c53)O[C@H]4C2)cc1. The van der Waals surface area contributed by atoms with Crippen molar-refractivity contribution >= 4 is 5.97 Å². The van der Waals surface area contributed by atoms with Crippen molar-refractivity contribution in [3.63, 3.8) is 0 Å². The third-order valence-electron chi connectivity index (χ3n) is 7.18. The lowest BCUT2D eigenvalue weighted by Crippen LogP contribution is -2.46. The largest absolute Gasteiger partial charge is 0.497 e. The van der Waals surface area contributed by atoms with E-state index in [9.17, 15) is 4.79 Å². The number of ether oxygens (including phenoxy) is 4. The first-order chi connectivity index (χ1) is 15.5. The van der Waals surface area contributed by atoms with Gasteiger partial charge in [-0.25, -0.2) is 4.79 Å². The molecule has 0 saturated heterocycles. The second-order valence-electron chi connectivity index (χ2n) is 8.95. The molecule has 0 aromatic heterocycles. The molecule has 0 amide bonds. The third-order valence-corrected chi connectivity index (χ3v) is 7.18. The fraction of sp³-hybridized carbons (Fsp3) is 0.423. The third kappa shape index (κ3) is 3.16. The number of nitrogens with zero attached hydrogens (tertiary/aromatic N) is 1. The van der Waals surface area contributed by atoms with Crippen LogP contribution >= 0.6 is 0 Å². The van der Waals surface area contributed by atoms with Crippen LogP contribution in [0.25, 0.3) is 0 Å². The number of esters is 1. The molecule has 5 rings (SSSR count). The van der Waals surface area contributed by atoms with Crippen molar-refractivity contribution < 1.29 is 23.7 Å². The van der Waals surface area contributed by atoms with Crippen LogP contribution in [0.5, 0.6) is 17.2 Å². The maximum Gasteiger partial charge on any atom is 0.338 e. The quantitative estimate of drug-likeness (QED) is 0.532. The zero-order valence-electron chi connectivity index (χ0n) is 19.0. The second-order valence-corrected chi connectivity index (χ2v) is 8.95. The van der Waals surface area contributed by atoms with Gasteiger partial charge in [-0.15, -0.1) is 0 Å². The van der Waals surface area contributed by atoms with Gasteiger partial charge in [0, 0.05) is 18.5 Å². The molecular formula is C26H29NO5. The molecule has 2 aromatic rings. The highest BCUT2D eigenvalue weighted by atomic mass is 16.6. The normalized spacial score (nSPS) is 26.2. The van der Waals surface area contributed by atoms with Gasteiger partial charge in [0.2, 0.25) is 0 Å². The van der Waals surface area contributed by atoms with Gasteiger partial charge in [0.15, 0.2) is 11.5 Å². The molecule has 0 bridgehead atoms. The summed E-state index contributed by atoms with van der Waals surface area (Å²) >= 11 is 0. The average Bonchev–Trinajstić information content (AvgIpc) is 3.05. The highest BCUT2D eigenvalue weighted by Crippen LogP contribution is 2.58. The molecule has 3 atom stereocenters. The molecule has 1 aliphatic carbocycles. The smallest absolute Gasteiger partial charge is 0.338 e. The minimum Gasteiger partial charge on any atom is -0.497 e. The van der Waals surface area contributed by atoms with Crippen molar-refractivity contribution in [1.82, 2.24) is 4.90 Å². The fourth-order valence-corrected chi connectivity index (χ4v) is 5.55. The van der Waals surface area contributed by atoms with Gasteiger partial charge in [0.05, 0.1) is 25.2 Å². The lowest BCUT2D eigenvalue weighted by atomic mass is 9.64. The summed E-state index contributed by atoms with van der Waals surface area (Å²) in [6.45, 7) is 4.00. The van der Waals surface area contributed by atoms with E-state index in [0.717, 1.165) is 31.0 Å². The number of benzene rings is 2. The highest BCUT2D eigenvalue weighted by Gasteiger charge is 2.55. The standard InChI is InChI=1S/C26H29NO5/c1-16-13-20(31-25(28)17-5-8-19(29-3)9-6-17)14-22-26(16)11-12-27(2)15-18-7-10-21(30-4)24(32-22)23(18)26/h5-10,13,20,22H,11-12,14-15H2,1-4H3/t20-,22-,26+/m0/s1. The Morgan fingerprint density at radius 3 is 2.62 bits per heavy atom. The average molecular weight is 436 g/mol. The first kappa shape index (κ1) is 20.9. The lowest BCUT2D eigenvalue weighted by Gasteiger charge is -2.40. The Bertz CT molecular complexity index is 1080. The van der Waals surface area contributed by atoms with E-state index in [0.29, 0.717) is 17.7 Å². The summed E-state index contributed by atoms with van der Waals surface area (Å²) in [4.78, 5) is 15.1. The number of methoxy groups -OCH3 is 2. The van der Waals surface area contributed by atoms with E-state index in [1.807, 2.05) is 6.07 Å². The van der Waals surface area contributed by atoms with Crippen molar-refractivity contribution in [2.24, 2.45) is 0 Å². The zero-order valence-corrected chi connectivity index (χ0v) is 19.0.